The molecule has 0 saturated heterocycles. The summed E-state index contributed by atoms with van der Waals surface area (Å²) in [5.74, 6) is -0.852. The Hall–Kier alpha value is -1.32. The predicted octanol–water partition coefficient (Wildman–Crippen LogP) is 4.95. The highest BCUT2D eigenvalue weighted by Gasteiger charge is 2.53. The van der Waals surface area contributed by atoms with Crippen molar-refractivity contribution in [2.24, 2.45) is 5.92 Å². The van der Waals surface area contributed by atoms with E-state index in [4.69, 9.17) is 4.74 Å². The molecule has 116 valence electrons. The monoisotopic (exact) mass is 296 g/mol. The molecule has 1 aliphatic carbocycles. The minimum Gasteiger partial charge on any atom is -0.508 e. The fourth-order valence-corrected chi connectivity index (χ4v) is 3.60. The van der Waals surface area contributed by atoms with Crippen LogP contribution in [0.2, 0.25) is 0 Å². The Morgan fingerprint density at radius 1 is 1.19 bits per heavy atom. The summed E-state index contributed by atoms with van der Waals surface area (Å²) in [6.45, 7) is 5.95. The lowest BCUT2D eigenvalue weighted by Gasteiger charge is -2.42. The maximum Gasteiger partial charge on any atom is 0.401 e. The average Bonchev–Trinajstić information content (AvgIpc) is 2.36. The van der Waals surface area contributed by atoms with Crippen molar-refractivity contribution in [2.45, 2.75) is 63.9 Å². The Morgan fingerprint density at radius 3 is 2.52 bits per heavy atom. The van der Waals surface area contributed by atoms with E-state index in [-0.39, 0.29) is 22.8 Å². The van der Waals surface area contributed by atoms with Gasteiger partial charge in [-0.1, -0.05) is 33.6 Å². The third-order valence-electron chi connectivity index (χ3n) is 4.80. The maximum atomic E-state index is 14.3. The quantitative estimate of drug-likeness (QED) is 0.734. The summed E-state index contributed by atoms with van der Waals surface area (Å²) < 4.78 is 33.6. The van der Waals surface area contributed by atoms with Gasteiger partial charge in [0, 0.05) is 11.5 Å². The first-order chi connectivity index (χ1) is 9.70. The van der Waals surface area contributed by atoms with Gasteiger partial charge in [-0.25, -0.2) is 0 Å². The lowest BCUT2D eigenvalue weighted by molar-refractivity contribution is -0.236. The molecule has 0 aromatic heterocycles. The number of benzene rings is 1. The number of alkyl halides is 2. The van der Waals surface area contributed by atoms with Crippen molar-refractivity contribution in [3.05, 3.63) is 23.3 Å². The van der Waals surface area contributed by atoms with Crippen LogP contribution in [0, 0.1) is 5.92 Å². The van der Waals surface area contributed by atoms with E-state index < -0.39 is 12.0 Å². The van der Waals surface area contributed by atoms with E-state index in [2.05, 4.69) is 0 Å². The Balaban J connectivity index is 2.13. The number of fused-ring (bicyclic) bond motifs is 3. The number of hydrogen-bond acceptors (Lipinski definition) is 2. The van der Waals surface area contributed by atoms with Crippen LogP contribution in [0.1, 0.15) is 63.5 Å². The highest BCUT2D eigenvalue weighted by atomic mass is 19.3. The molecule has 21 heavy (non-hydrogen) atoms. The topological polar surface area (TPSA) is 29.5 Å². The summed E-state index contributed by atoms with van der Waals surface area (Å²) in [6, 6.07) is 3.38. The zero-order chi connectivity index (χ0) is 15.4. The van der Waals surface area contributed by atoms with Crippen LogP contribution in [0.5, 0.6) is 11.5 Å². The minimum atomic E-state index is -3.14. The van der Waals surface area contributed by atoms with E-state index in [1.807, 2.05) is 20.8 Å². The second-order valence-electron chi connectivity index (χ2n) is 7.32. The summed E-state index contributed by atoms with van der Waals surface area (Å²) in [5.41, 5.74) is 1.16. The second kappa shape index (κ2) is 4.59. The van der Waals surface area contributed by atoms with Crippen molar-refractivity contribution < 1.29 is 18.6 Å². The van der Waals surface area contributed by atoms with Crippen molar-refractivity contribution in [3.63, 3.8) is 0 Å². The van der Waals surface area contributed by atoms with Crippen molar-refractivity contribution in [3.8, 4) is 11.5 Å². The van der Waals surface area contributed by atoms with Crippen LogP contribution in [-0.2, 0) is 5.41 Å². The molecule has 1 heterocycles. The molecule has 1 saturated carbocycles. The van der Waals surface area contributed by atoms with Gasteiger partial charge < -0.3 is 9.84 Å². The van der Waals surface area contributed by atoms with Gasteiger partial charge >= 0.3 is 6.11 Å². The Bertz CT molecular complexity index is 561. The minimum absolute atomic E-state index is 0.102. The van der Waals surface area contributed by atoms with Crippen LogP contribution in [-0.4, -0.2) is 11.2 Å². The number of ether oxygens (including phenoxy) is 1. The molecule has 2 nitrogen and oxygen atoms in total. The molecule has 0 spiro atoms. The van der Waals surface area contributed by atoms with E-state index in [9.17, 15) is 13.9 Å². The average molecular weight is 296 g/mol. The Kier molecular flexibility index (Phi) is 3.19. The zero-order valence-electron chi connectivity index (χ0n) is 12.7. The number of aromatic hydroxyl groups is 1. The molecule has 1 unspecified atom stereocenters. The molecule has 1 fully saturated rings. The summed E-state index contributed by atoms with van der Waals surface area (Å²) >= 11 is 0. The first-order valence-corrected chi connectivity index (χ1v) is 7.64. The van der Waals surface area contributed by atoms with Gasteiger partial charge in [-0.15, -0.1) is 0 Å². The van der Waals surface area contributed by atoms with E-state index in [0.717, 1.165) is 18.4 Å². The molecule has 2 aliphatic rings. The Labute approximate surface area is 124 Å². The van der Waals surface area contributed by atoms with Gasteiger partial charge in [0.2, 0.25) is 0 Å². The van der Waals surface area contributed by atoms with Gasteiger partial charge in [-0.2, -0.15) is 8.78 Å². The molecule has 0 radical (unpaired) electrons. The van der Waals surface area contributed by atoms with E-state index >= 15 is 0 Å². The summed E-state index contributed by atoms with van der Waals surface area (Å²) in [5, 5.41) is 10.4. The summed E-state index contributed by atoms with van der Waals surface area (Å²) in [7, 11) is 0. The lowest BCUT2D eigenvalue weighted by Crippen LogP contribution is -2.43. The first-order valence-electron chi connectivity index (χ1n) is 7.64. The van der Waals surface area contributed by atoms with Crippen LogP contribution < -0.4 is 4.74 Å². The molecule has 1 aliphatic heterocycles. The van der Waals surface area contributed by atoms with Gasteiger partial charge in [0.05, 0.1) is 5.92 Å². The largest absolute Gasteiger partial charge is 0.508 e. The van der Waals surface area contributed by atoms with Gasteiger partial charge in [0.25, 0.3) is 0 Å². The number of halogens is 2. The summed E-state index contributed by atoms with van der Waals surface area (Å²) in [4.78, 5) is 0. The molecule has 2 atom stereocenters. The lowest BCUT2D eigenvalue weighted by atomic mass is 9.72. The molecule has 1 aromatic rings. The third-order valence-corrected chi connectivity index (χ3v) is 4.80. The third kappa shape index (κ3) is 2.39. The number of phenolic OH excluding ortho intramolecular Hbond substituents is 1. The fraction of sp³-hybridized carbons (Fsp3) is 0.647. The molecule has 1 N–H and O–H groups in total. The van der Waals surface area contributed by atoms with Crippen LogP contribution in [0.4, 0.5) is 8.78 Å². The van der Waals surface area contributed by atoms with Crippen molar-refractivity contribution >= 4 is 0 Å². The van der Waals surface area contributed by atoms with Crippen LogP contribution in [0.25, 0.3) is 0 Å². The summed E-state index contributed by atoms with van der Waals surface area (Å²) in [6.07, 6.45) is -0.259. The predicted molar refractivity (Wildman–Crippen MR) is 77.1 cm³/mol. The van der Waals surface area contributed by atoms with Crippen LogP contribution in [0.3, 0.4) is 0 Å². The molecular weight excluding hydrogens is 274 g/mol. The normalized spacial score (nSPS) is 27.5. The van der Waals surface area contributed by atoms with Crippen molar-refractivity contribution in [1.29, 1.82) is 0 Å². The van der Waals surface area contributed by atoms with Crippen molar-refractivity contribution in [1.82, 2.24) is 0 Å². The molecule has 4 heteroatoms. The number of phenols is 1. The standard InChI is InChI=1S/C17H22F2O2/c1-16(2,3)10-8-13(20)15-11-6-4-5-7-12(11)17(18,19)21-14(15)9-10/h8-9,11-12,20H,4-7H2,1-3H3/t11?,12-/m1/s1. The van der Waals surface area contributed by atoms with E-state index in [1.165, 1.54) is 0 Å². The van der Waals surface area contributed by atoms with E-state index in [0.29, 0.717) is 18.4 Å². The molecule has 1 aromatic carbocycles. The number of rotatable bonds is 0. The highest BCUT2D eigenvalue weighted by molar-refractivity contribution is 5.52. The van der Waals surface area contributed by atoms with E-state index in [1.54, 1.807) is 12.1 Å². The van der Waals surface area contributed by atoms with Crippen LogP contribution in [0.15, 0.2) is 12.1 Å². The maximum absolute atomic E-state index is 14.3. The smallest absolute Gasteiger partial charge is 0.401 e. The molecular formula is C17H22F2O2. The van der Waals surface area contributed by atoms with Gasteiger partial charge in [0.1, 0.15) is 11.5 Å². The molecule has 0 amide bonds. The zero-order valence-corrected chi connectivity index (χ0v) is 12.7. The molecule has 3 rings (SSSR count). The van der Waals surface area contributed by atoms with Gasteiger partial charge in [0.15, 0.2) is 0 Å². The second-order valence-corrected chi connectivity index (χ2v) is 7.32. The fourth-order valence-electron chi connectivity index (χ4n) is 3.60. The first kappa shape index (κ1) is 14.6. The van der Waals surface area contributed by atoms with Gasteiger partial charge in [-0.05, 0) is 36.0 Å². The van der Waals surface area contributed by atoms with Crippen LogP contribution >= 0.6 is 0 Å². The highest BCUT2D eigenvalue weighted by Crippen LogP contribution is 2.55. The molecule has 0 bridgehead atoms. The Morgan fingerprint density at radius 2 is 1.86 bits per heavy atom. The SMILES string of the molecule is CC(C)(C)c1cc(O)c2c(c1)OC(F)(F)[C@@H]1CCCCC21. The number of hydrogen-bond donors (Lipinski definition) is 1. The van der Waals surface area contributed by atoms with Crippen molar-refractivity contribution in [2.75, 3.05) is 0 Å². The van der Waals surface area contributed by atoms with Gasteiger partial charge in [-0.3, -0.25) is 0 Å².